The summed E-state index contributed by atoms with van der Waals surface area (Å²) in [5, 5.41) is 0. The van der Waals surface area contributed by atoms with Crippen LogP contribution in [0, 0.1) is 5.41 Å². The number of amides is 1. The molecule has 16 heavy (non-hydrogen) atoms. The molecule has 1 saturated heterocycles. The third-order valence-electron chi connectivity index (χ3n) is 4.30. The van der Waals surface area contributed by atoms with Crippen molar-refractivity contribution < 1.29 is 4.79 Å². The highest BCUT2D eigenvalue weighted by molar-refractivity contribution is 5.84. The monoisotopic (exact) mass is 224 g/mol. The summed E-state index contributed by atoms with van der Waals surface area (Å²) in [5.74, 6) is 0.350. The van der Waals surface area contributed by atoms with Crippen LogP contribution in [0.2, 0.25) is 0 Å². The molecule has 3 nitrogen and oxygen atoms in total. The molecule has 2 aliphatic rings. The minimum Gasteiger partial charge on any atom is -0.342 e. The summed E-state index contributed by atoms with van der Waals surface area (Å²) < 4.78 is 0. The van der Waals surface area contributed by atoms with Crippen LogP contribution in [0.3, 0.4) is 0 Å². The molecule has 2 fully saturated rings. The van der Waals surface area contributed by atoms with Gasteiger partial charge in [0, 0.05) is 19.6 Å². The van der Waals surface area contributed by atoms with Crippen LogP contribution in [0.5, 0.6) is 0 Å². The van der Waals surface area contributed by atoms with Crippen molar-refractivity contribution in [2.75, 3.05) is 19.6 Å². The van der Waals surface area contributed by atoms with E-state index in [0.29, 0.717) is 12.5 Å². The van der Waals surface area contributed by atoms with Gasteiger partial charge in [-0.05, 0) is 25.7 Å². The van der Waals surface area contributed by atoms with Crippen LogP contribution in [0.15, 0.2) is 0 Å². The van der Waals surface area contributed by atoms with Crippen molar-refractivity contribution in [3.8, 4) is 0 Å². The molecule has 0 bridgehead atoms. The summed E-state index contributed by atoms with van der Waals surface area (Å²) in [7, 11) is 0. The van der Waals surface area contributed by atoms with E-state index in [1.165, 1.54) is 38.5 Å². The summed E-state index contributed by atoms with van der Waals surface area (Å²) in [5.41, 5.74) is 5.63. The Morgan fingerprint density at radius 3 is 2.00 bits per heavy atom. The van der Waals surface area contributed by atoms with E-state index in [1.807, 2.05) is 0 Å². The first-order valence-corrected chi connectivity index (χ1v) is 6.78. The van der Waals surface area contributed by atoms with Gasteiger partial charge in [0.15, 0.2) is 0 Å². The van der Waals surface area contributed by atoms with E-state index >= 15 is 0 Å². The van der Waals surface area contributed by atoms with Crippen LogP contribution >= 0.6 is 0 Å². The molecule has 1 saturated carbocycles. The van der Waals surface area contributed by atoms with Gasteiger partial charge in [0.25, 0.3) is 0 Å². The fourth-order valence-corrected chi connectivity index (χ4v) is 2.89. The molecule has 0 unspecified atom stereocenters. The summed E-state index contributed by atoms with van der Waals surface area (Å²) in [4.78, 5) is 14.5. The zero-order valence-electron chi connectivity index (χ0n) is 10.2. The van der Waals surface area contributed by atoms with Crippen molar-refractivity contribution in [2.24, 2.45) is 11.1 Å². The van der Waals surface area contributed by atoms with Gasteiger partial charge in [0.05, 0.1) is 5.41 Å². The molecule has 0 radical (unpaired) electrons. The van der Waals surface area contributed by atoms with Gasteiger partial charge < -0.3 is 10.6 Å². The first-order valence-electron chi connectivity index (χ1n) is 6.78. The lowest BCUT2D eigenvalue weighted by molar-refractivity contribution is -0.147. The molecule has 0 spiro atoms. The van der Waals surface area contributed by atoms with Crippen LogP contribution in [0.1, 0.15) is 51.4 Å². The van der Waals surface area contributed by atoms with E-state index in [0.717, 1.165) is 25.9 Å². The van der Waals surface area contributed by atoms with Crippen LogP contribution in [-0.4, -0.2) is 30.4 Å². The predicted octanol–water partition coefficient (Wildman–Crippen LogP) is 1.91. The van der Waals surface area contributed by atoms with E-state index < -0.39 is 0 Å². The maximum Gasteiger partial charge on any atom is 0.230 e. The molecule has 3 heteroatoms. The number of hydrogen-bond acceptors (Lipinski definition) is 2. The summed E-state index contributed by atoms with van der Waals surface area (Å²) in [6.45, 7) is 2.46. The Morgan fingerprint density at radius 2 is 1.56 bits per heavy atom. The Hall–Kier alpha value is -0.570. The molecule has 2 rings (SSSR count). The second kappa shape index (κ2) is 5.17. The minimum absolute atomic E-state index is 0.167. The summed E-state index contributed by atoms with van der Waals surface area (Å²) in [6.07, 6.45) is 9.44. The van der Waals surface area contributed by atoms with E-state index in [1.54, 1.807) is 0 Å². The molecular weight excluding hydrogens is 200 g/mol. The quantitative estimate of drug-likeness (QED) is 0.779. The van der Waals surface area contributed by atoms with Gasteiger partial charge >= 0.3 is 0 Å². The number of likely N-dealkylation sites (tertiary alicyclic amines) is 1. The molecule has 2 N–H and O–H groups in total. The number of nitrogens with two attached hydrogens (primary N) is 1. The highest BCUT2D eigenvalue weighted by atomic mass is 16.2. The Bertz CT molecular complexity index is 235. The first-order chi connectivity index (χ1) is 7.78. The smallest absolute Gasteiger partial charge is 0.230 e. The maximum atomic E-state index is 12.4. The van der Waals surface area contributed by atoms with Crippen molar-refractivity contribution in [1.82, 2.24) is 4.90 Å². The molecule has 0 aromatic carbocycles. The van der Waals surface area contributed by atoms with Crippen LogP contribution in [-0.2, 0) is 4.79 Å². The number of carbonyl (C=O) groups is 1. The van der Waals surface area contributed by atoms with E-state index in [2.05, 4.69) is 4.90 Å². The van der Waals surface area contributed by atoms with E-state index in [9.17, 15) is 4.79 Å². The van der Waals surface area contributed by atoms with Gasteiger partial charge in [-0.2, -0.15) is 0 Å². The minimum atomic E-state index is -0.167. The normalized spacial score (nSPS) is 25.4. The van der Waals surface area contributed by atoms with Gasteiger partial charge in [-0.3, -0.25) is 4.79 Å². The van der Waals surface area contributed by atoms with Crippen LogP contribution in [0.25, 0.3) is 0 Å². The van der Waals surface area contributed by atoms with Crippen molar-refractivity contribution in [2.45, 2.75) is 51.4 Å². The third-order valence-corrected chi connectivity index (χ3v) is 4.30. The average Bonchev–Trinajstić information content (AvgIpc) is 2.15. The van der Waals surface area contributed by atoms with Gasteiger partial charge in [0.1, 0.15) is 0 Å². The number of nitrogens with zero attached hydrogens (tertiary/aromatic N) is 1. The molecular formula is C13H24N2O. The van der Waals surface area contributed by atoms with Gasteiger partial charge in [-0.15, -0.1) is 0 Å². The number of carbonyl (C=O) groups excluding carboxylic acids is 1. The topological polar surface area (TPSA) is 46.3 Å². The molecule has 1 aliphatic heterocycles. The summed E-state index contributed by atoms with van der Waals surface area (Å²) >= 11 is 0. The van der Waals surface area contributed by atoms with Crippen molar-refractivity contribution in [1.29, 1.82) is 0 Å². The molecule has 0 atom stereocenters. The number of rotatable bonds is 2. The van der Waals surface area contributed by atoms with Crippen LogP contribution in [0.4, 0.5) is 0 Å². The second-order valence-corrected chi connectivity index (χ2v) is 5.40. The highest BCUT2D eigenvalue weighted by Crippen LogP contribution is 2.41. The van der Waals surface area contributed by atoms with Crippen molar-refractivity contribution >= 4 is 5.91 Å². The maximum absolute atomic E-state index is 12.4. The first kappa shape index (κ1) is 11.9. The predicted molar refractivity (Wildman–Crippen MR) is 65.0 cm³/mol. The van der Waals surface area contributed by atoms with Crippen molar-refractivity contribution in [3.05, 3.63) is 0 Å². The SMILES string of the molecule is NCC1(C(=O)N2CCCCCCC2)CCC1. The lowest BCUT2D eigenvalue weighted by Gasteiger charge is -2.43. The summed E-state index contributed by atoms with van der Waals surface area (Å²) in [6, 6.07) is 0. The van der Waals surface area contributed by atoms with E-state index in [4.69, 9.17) is 5.73 Å². The molecule has 0 aromatic heterocycles. The van der Waals surface area contributed by atoms with Crippen molar-refractivity contribution in [3.63, 3.8) is 0 Å². The highest BCUT2D eigenvalue weighted by Gasteiger charge is 2.44. The average molecular weight is 224 g/mol. The van der Waals surface area contributed by atoms with Gasteiger partial charge in [0.2, 0.25) is 5.91 Å². The van der Waals surface area contributed by atoms with Crippen LogP contribution < -0.4 is 5.73 Å². The fraction of sp³-hybridized carbons (Fsp3) is 0.923. The third kappa shape index (κ3) is 2.24. The Balaban J connectivity index is 1.96. The zero-order valence-corrected chi connectivity index (χ0v) is 10.2. The second-order valence-electron chi connectivity index (χ2n) is 5.40. The molecule has 92 valence electrons. The van der Waals surface area contributed by atoms with Gasteiger partial charge in [-0.25, -0.2) is 0 Å². The molecule has 1 amide bonds. The largest absolute Gasteiger partial charge is 0.342 e. The Kier molecular flexibility index (Phi) is 3.85. The Morgan fingerprint density at radius 1 is 1.00 bits per heavy atom. The lowest BCUT2D eigenvalue weighted by Crippen LogP contribution is -2.52. The lowest BCUT2D eigenvalue weighted by atomic mass is 9.67. The van der Waals surface area contributed by atoms with Gasteiger partial charge in [-0.1, -0.05) is 25.7 Å². The Labute approximate surface area is 98.4 Å². The number of hydrogen-bond donors (Lipinski definition) is 1. The zero-order chi connectivity index (χ0) is 11.4. The molecule has 0 aromatic rings. The fourth-order valence-electron chi connectivity index (χ4n) is 2.89. The molecule has 1 aliphatic carbocycles. The van der Waals surface area contributed by atoms with E-state index in [-0.39, 0.29) is 5.41 Å². The standard InChI is InChI=1S/C13H24N2O/c14-11-13(7-6-8-13)12(16)15-9-4-2-1-3-5-10-15/h1-11,14H2. The molecule has 1 heterocycles.